The average Bonchev–Trinajstić information content (AvgIpc) is 2.35. The average molecular weight is 280 g/mol. The van der Waals surface area contributed by atoms with Crippen molar-refractivity contribution in [2.75, 3.05) is 18.8 Å². The highest BCUT2D eigenvalue weighted by molar-refractivity contribution is 8.00. The van der Waals surface area contributed by atoms with Crippen LogP contribution in [0.4, 0.5) is 0 Å². The molecule has 0 spiro atoms. The van der Waals surface area contributed by atoms with Gasteiger partial charge in [0.15, 0.2) is 0 Å². The lowest BCUT2D eigenvalue weighted by atomic mass is 10.2. The van der Waals surface area contributed by atoms with Crippen LogP contribution in [0.5, 0.6) is 0 Å². The molecule has 0 unspecified atom stereocenters. The number of carbonyl (C=O) groups excluding carboxylic acids is 2. The van der Waals surface area contributed by atoms with Crippen LogP contribution < -0.4 is 10.6 Å². The quantitative estimate of drug-likeness (QED) is 0.615. The minimum absolute atomic E-state index is 0.0174. The highest BCUT2D eigenvalue weighted by Gasteiger charge is 2.04. The van der Waals surface area contributed by atoms with Crippen LogP contribution in [0.15, 0.2) is 23.1 Å². The van der Waals surface area contributed by atoms with Gasteiger partial charge in [0, 0.05) is 24.9 Å². The minimum Gasteiger partial charge on any atom is -0.355 e. The van der Waals surface area contributed by atoms with Crippen LogP contribution in [0.25, 0.3) is 0 Å². The van der Waals surface area contributed by atoms with Gasteiger partial charge in [0.2, 0.25) is 11.8 Å². The van der Waals surface area contributed by atoms with Gasteiger partial charge in [-0.05, 0) is 25.5 Å². The third kappa shape index (κ3) is 6.29. The molecule has 2 amide bonds. The summed E-state index contributed by atoms with van der Waals surface area (Å²) in [4.78, 5) is 23.4. The van der Waals surface area contributed by atoms with Crippen molar-refractivity contribution in [1.82, 2.24) is 10.6 Å². The molecule has 1 rings (SSSR count). The molecule has 5 heteroatoms. The van der Waals surface area contributed by atoms with Crippen molar-refractivity contribution < 1.29 is 9.59 Å². The number of aryl methyl sites for hydroxylation is 2. The Bertz CT molecular complexity index is 461. The molecule has 0 saturated carbocycles. The van der Waals surface area contributed by atoms with E-state index in [1.807, 2.05) is 13.8 Å². The van der Waals surface area contributed by atoms with Gasteiger partial charge in [-0.2, -0.15) is 0 Å². The first-order valence-corrected chi connectivity index (χ1v) is 7.19. The van der Waals surface area contributed by atoms with Crippen LogP contribution in [0.3, 0.4) is 0 Å². The second-order valence-corrected chi connectivity index (χ2v) is 5.41. The van der Waals surface area contributed by atoms with Crippen LogP contribution in [0.2, 0.25) is 0 Å². The van der Waals surface area contributed by atoms with E-state index in [2.05, 4.69) is 28.8 Å². The molecule has 0 saturated heterocycles. The van der Waals surface area contributed by atoms with E-state index in [4.69, 9.17) is 0 Å². The Morgan fingerprint density at radius 2 is 1.84 bits per heavy atom. The molecule has 104 valence electrons. The van der Waals surface area contributed by atoms with Crippen molar-refractivity contribution in [3.63, 3.8) is 0 Å². The first kappa shape index (κ1) is 15.6. The van der Waals surface area contributed by atoms with Crippen molar-refractivity contribution in [2.45, 2.75) is 25.7 Å². The lowest BCUT2D eigenvalue weighted by molar-refractivity contribution is -0.120. The number of hydrogen-bond acceptors (Lipinski definition) is 3. The summed E-state index contributed by atoms with van der Waals surface area (Å²) in [5.41, 5.74) is 2.38. The molecular formula is C14H20N2O2S. The van der Waals surface area contributed by atoms with Gasteiger partial charge >= 0.3 is 0 Å². The highest BCUT2D eigenvalue weighted by Crippen LogP contribution is 2.23. The molecule has 0 atom stereocenters. The first-order valence-electron chi connectivity index (χ1n) is 6.20. The third-order valence-electron chi connectivity index (χ3n) is 2.52. The van der Waals surface area contributed by atoms with Gasteiger partial charge in [0.1, 0.15) is 0 Å². The summed E-state index contributed by atoms with van der Waals surface area (Å²) in [6.07, 6.45) is 0. The van der Waals surface area contributed by atoms with Gasteiger partial charge in [0.25, 0.3) is 0 Å². The normalized spacial score (nSPS) is 10.1. The fourth-order valence-corrected chi connectivity index (χ4v) is 2.45. The van der Waals surface area contributed by atoms with Gasteiger partial charge in [0.05, 0.1) is 5.75 Å². The van der Waals surface area contributed by atoms with Gasteiger partial charge in [-0.1, -0.05) is 17.7 Å². The number of hydrogen-bond donors (Lipinski definition) is 2. The van der Waals surface area contributed by atoms with Crippen molar-refractivity contribution in [2.24, 2.45) is 0 Å². The first-order chi connectivity index (χ1) is 8.99. The van der Waals surface area contributed by atoms with E-state index in [9.17, 15) is 9.59 Å². The van der Waals surface area contributed by atoms with E-state index in [0.717, 1.165) is 4.90 Å². The number of benzene rings is 1. The molecule has 0 aliphatic carbocycles. The Morgan fingerprint density at radius 1 is 1.16 bits per heavy atom. The molecule has 0 radical (unpaired) electrons. The van der Waals surface area contributed by atoms with Gasteiger partial charge in [-0.3, -0.25) is 9.59 Å². The number of thioether (sulfide) groups is 1. The van der Waals surface area contributed by atoms with E-state index in [1.165, 1.54) is 29.8 Å². The zero-order valence-electron chi connectivity index (χ0n) is 11.6. The summed E-state index contributed by atoms with van der Waals surface area (Å²) >= 11 is 1.53. The fraction of sp³-hybridized carbons (Fsp3) is 0.429. The molecule has 0 aliphatic heterocycles. The molecule has 0 heterocycles. The zero-order valence-corrected chi connectivity index (χ0v) is 12.4. The second kappa shape index (κ2) is 7.84. The van der Waals surface area contributed by atoms with E-state index >= 15 is 0 Å². The van der Waals surface area contributed by atoms with Gasteiger partial charge < -0.3 is 10.6 Å². The molecule has 0 fully saturated rings. The minimum atomic E-state index is -0.0843. The van der Waals surface area contributed by atoms with Crippen LogP contribution in [-0.2, 0) is 9.59 Å². The predicted molar refractivity (Wildman–Crippen MR) is 78.3 cm³/mol. The van der Waals surface area contributed by atoms with Gasteiger partial charge in [-0.25, -0.2) is 0 Å². The van der Waals surface area contributed by atoms with E-state index in [0.29, 0.717) is 18.8 Å². The SMILES string of the molecule is CC(=O)NCCNC(=O)CSc1cc(C)ccc1C. The predicted octanol–water partition coefficient (Wildman–Crippen LogP) is 1.65. The van der Waals surface area contributed by atoms with Crippen LogP contribution in [0, 0.1) is 13.8 Å². The summed E-state index contributed by atoms with van der Waals surface area (Å²) in [5.74, 6) is 0.292. The largest absolute Gasteiger partial charge is 0.355 e. The smallest absolute Gasteiger partial charge is 0.230 e. The molecule has 1 aromatic rings. The standard InChI is InChI=1S/C14H20N2O2S/c1-10-4-5-11(2)13(8-10)19-9-14(18)16-7-6-15-12(3)17/h4-5,8H,6-7,9H2,1-3H3,(H,15,17)(H,16,18). The summed E-state index contributed by atoms with van der Waals surface area (Å²) in [5, 5.41) is 5.40. The Morgan fingerprint density at radius 3 is 2.53 bits per heavy atom. The molecule has 2 N–H and O–H groups in total. The maximum absolute atomic E-state index is 11.6. The maximum Gasteiger partial charge on any atom is 0.230 e. The Hall–Kier alpha value is -1.49. The Labute approximate surface area is 118 Å². The Kier molecular flexibility index (Phi) is 6.42. The van der Waals surface area contributed by atoms with Crippen molar-refractivity contribution in [3.05, 3.63) is 29.3 Å². The van der Waals surface area contributed by atoms with Gasteiger partial charge in [-0.15, -0.1) is 11.8 Å². The number of amides is 2. The lowest BCUT2D eigenvalue weighted by Gasteiger charge is -2.08. The van der Waals surface area contributed by atoms with Crippen LogP contribution >= 0.6 is 11.8 Å². The van der Waals surface area contributed by atoms with Crippen molar-refractivity contribution in [1.29, 1.82) is 0 Å². The second-order valence-electron chi connectivity index (χ2n) is 4.39. The Balaban J connectivity index is 2.30. The number of rotatable bonds is 6. The van der Waals surface area contributed by atoms with E-state index in [-0.39, 0.29) is 11.8 Å². The summed E-state index contributed by atoms with van der Waals surface area (Å²) in [7, 11) is 0. The molecule has 19 heavy (non-hydrogen) atoms. The maximum atomic E-state index is 11.6. The molecule has 0 bridgehead atoms. The molecule has 1 aromatic carbocycles. The number of nitrogens with one attached hydrogen (secondary N) is 2. The number of carbonyl (C=O) groups is 2. The third-order valence-corrected chi connectivity index (χ3v) is 3.68. The van der Waals surface area contributed by atoms with Crippen molar-refractivity contribution >= 4 is 23.6 Å². The highest BCUT2D eigenvalue weighted by atomic mass is 32.2. The summed E-state index contributed by atoms with van der Waals surface area (Å²) in [6.45, 7) is 6.46. The molecule has 0 aromatic heterocycles. The lowest BCUT2D eigenvalue weighted by Crippen LogP contribution is -2.34. The van der Waals surface area contributed by atoms with Crippen LogP contribution in [-0.4, -0.2) is 30.7 Å². The monoisotopic (exact) mass is 280 g/mol. The fourth-order valence-electron chi connectivity index (χ4n) is 1.50. The van der Waals surface area contributed by atoms with Crippen LogP contribution in [0.1, 0.15) is 18.1 Å². The molecule has 0 aliphatic rings. The topological polar surface area (TPSA) is 58.2 Å². The zero-order chi connectivity index (χ0) is 14.3. The summed E-state index contributed by atoms with van der Waals surface area (Å²) < 4.78 is 0. The molecule has 4 nitrogen and oxygen atoms in total. The molecular weight excluding hydrogens is 260 g/mol. The summed E-state index contributed by atoms with van der Waals surface area (Å²) in [6, 6.07) is 6.21. The van der Waals surface area contributed by atoms with E-state index < -0.39 is 0 Å². The van der Waals surface area contributed by atoms with Crippen molar-refractivity contribution in [3.8, 4) is 0 Å². The van der Waals surface area contributed by atoms with E-state index in [1.54, 1.807) is 0 Å².